The molecule has 6 heteroatoms. The van der Waals surface area contributed by atoms with Crippen LogP contribution < -0.4 is 18.9 Å². The molecule has 0 atom stereocenters. The molecule has 0 saturated heterocycles. The molecule has 0 bridgehead atoms. The van der Waals surface area contributed by atoms with Crippen LogP contribution in [0.3, 0.4) is 0 Å². The Morgan fingerprint density at radius 1 is 0.242 bits per heavy atom. The largest absolute Gasteiger partial charge is 0.494 e. The smallest absolute Gasteiger partial charge is 0.119 e. The molecule has 0 aliphatic rings. The predicted molar refractivity (Wildman–Crippen MR) is 252 cm³/mol. The van der Waals surface area contributed by atoms with Gasteiger partial charge in [0.25, 0.3) is 0 Å². The summed E-state index contributed by atoms with van der Waals surface area (Å²) >= 11 is 0. The van der Waals surface area contributed by atoms with Crippen LogP contribution in [0.4, 0.5) is 0 Å². The fourth-order valence-electron chi connectivity index (χ4n) is 7.38. The molecule has 0 aliphatic carbocycles. The zero-order chi connectivity index (χ0) is 42.9. The average Bonchev–Trinajstić information content (AvgIpc) is 3.33. The van der Waals surface area contributed by atoms with Crippen molar-refractivity contribution in [3.63, 3.8) is 0 Å². The molecule has 0 saturated carbocycles. The molecule has 6 nitrogen and oxygen atoms in total. The zero-order valence-corrected chi connectivity index (χ0v) is 36.1. The van der Waals surface area contributed by atoms with Gasteiger partial charge in [-0.2, -0.15) is 10.5 Å². The second-order valence-corrected chi connectivity index (χ2v) is 15.8. The molecule has 0 aromatic heterocycles. The van der Waals surface area contributed by atoms with Crippen LogP contribution in [0.15, 0.2) is 146 Å². The second kappa shape index (κ2) is 26.0. The lowest BCUT2D eigenvalue weighted by molar-refractivity contribution is 0.299. The van der Waals surface area contributed by atoms with Gasteiger partial charge in [0, 0.05) is 0 Å². The summed E-state index contributed by atoms with van der Waals surface area (Å²) in [4.78, 5) is 0. The summed E-state index contributed by atoms with van der Waals surface area (Å²) in [6.45, 7) is 2.98. The molecule has 62 heavy (non-hydrogen) atoms. The third kappa shape index (κ3) is 15.5. The van der Waals surface area contributed by atoms with E-state index in [1.54, 1.807) is 0 Å². The third-order valence-corrected chi connectivity index (χ3v) is 11.1. The lowest BCUT2D eigenvalue weighted by Gasteiger charge is -2.09. The second-order valence-electron chi connectivity index (χ2n) is 15.8. The number of ether oxygens (including phenoxy) is 4. The van der Waals surface area contributed by atoms with E-state index in [2.05, 4.69) is 84.9 Å². The summed E-state index contributed by atoms with van der Waals surface area (Å²) < 4.78 is 24.0. The maximum atomic E-state index is 8.99. The molecule has 0 aliphatic heterocycles. The van der Waals surface area contributed by atoms with Crippen molar-refractivity contribution in [1.82, 2.24) is 0 Å². The van der Waals surface area contributed by atoms with E-state index in [1.165, 1.54) is 75.3 Å². The molecule has 6 rings (SSSR count). The molecule has 0 fully saturated rings. The number of nitriles is 2. The van der Waals surface area contributed by atoms with Crippen molar-refractivity contribution in [2.45, 2.75) is 89.9 Å². The Kier molecular flexibility index (Phi) is 18.9. The number of benzene rings is 6. The number of nitrogens with zero attached hydrogens (tertiary/aromatic N) is 2. The summed E-state index contributed by atoms with van der Waals surface area (Å²) in [6, 6.07) is 52.8. The first kappa shape index (κ1) is 45.0. The van der Waals surface area contributed by atoms with Crippen molar-refractivity contribution in [2.75, 3.05) is 26.4 Å². The predicted octanol–water partition coefficient (Wildman–Crippen LogP) is 14.8. The van der Waals surface area contributed by atoms with Crippen LogP contribution in [0.1, 0.15) is 101 Å². The molecule has 0 heterocycles. The van der Waals surface area contributed by atoms with Crippen molar-refractivity contribution in [3.05, 3.63) is 157 Å². The van der Waals surface area contributed by atoms with Crippen LogP contribution in [0, 0.1) is 22.7 Å². The fourth-order valence-corrected chi connectivity index (χ4v) is 7.38. The monoisotopic (exact) mass is 824 g/mol. The van der Waals surface area contributed by atoms with Crippen LogP contribution in [-0.4, -0.2) is 26.4 Å². The van der Waals surface area contributed by atoms with E-state index in [0.717, 1.165) is 97.4 Å². The zero-order valence-electron chi connectivity index (χ0n) is 36.1. The van der Waals surface area contributed by atoms with Crippen LogP contribution in [0.25, 0.3) is 33.4 Å². The van der Waals surface area contributed by atoms with Gasteiger partial charge in [-0.3, -0.25) is 0 Å². The Hall–Kier alpha value is -6.50. The van der Waals surface area contributed by atoms with E-state index in [1.807, 2.05) is 72.8 Å². The minimum Gasteiger partial charge on any atom is -0.494 e. The van der Waals surface area contributed by atoms with Gasteiger partial charge in [-0.1, -0.05) is 137 Å². The maximum Gasteiger partial charge on any atom is 0.119 e. The molecule has 0 amide bonds. The molecule has 0 radical (unpaired) electrons. The molecule has 0 spiro atoms. The summed E-state index contributed by atoms with van der Waals surface area (Å²) in [6.07, 6.45) is 16.5. The number of hydrogen-bond acceptors (Lipinski definition) is 6. The molecular weight excluding hydrogens is 765 g/mol. The number of rotatable bonds is 27. The molecule has 0 N–H and O–H groups in total. The van der Waals surface area contributed by atoms with Gasteiger partial charge in [0.2, 0.25) is 0 Å². The molecule has 6 aromatic carbocycles. The van der Waals surface area contributed by atoms with E-state index in [0.29, 0.717) is 11.1 Å². The van der Waals surface area contributed by atoms with E-state index >= 15 is 0 Å². The Morgan fingerprint density at radius 2 is 0.419 bits per heavy atom. The Bertz CT molecular complexity index is 2070. The van der Waals surface area contributed by atoms with E-state index in [4.69, 9.17) is 29.5 Å². The highest BCUT2D eigenvalue weighted by Gasteiger charge is 2.04. The lowest BCUT2D eigenvalue weighted by Crippen LogP contribution is -1.98. The molecular formula is C56H60N2O4. The van der Waals surface area contributed by atoms with E-state index in [9.17, 15) is 0 Å². The van der Waals surface area contributed by atoms with Crippen molar-refractivity contribution in [2.24, 2.45) is 0 Å². The van der Waals surface area contributed by atoms with Gasteiger partial charge in [0.15, 0.2) is 0 Å². The Morgan fingerprint density at radius 3 is 0.613 bits per heavy atom. The standard InChI is InChI=1S/C56H60N2O4/c57-43-45-15-19-47(20-16-45)49-23-31-53(32-24-49)59-39-11-7-3-1-5-9-13-41-61-55-35-27-51(28-36-55)52-29-37-56(38-30-52)62-42-14-10-6-2-4-8-12-40-60-54-33-25-50(26-34-54)48-21-17-46(44-58)18-22-48/h15-38H,1-14,39-42H2. The van der Waals surface area contributed by atoms with Crippen molar-refractivity contribution >= 4 is 0 Å². The van der Waals surface area contributed by atoms with Crippen molar-refractivity contribution < 1.29 is 18.9 Å². The fraction of sp³-hybridized carbons (Fsp3) is 0.321. The minimum atomic E-state index is 0.674. The van der Waals surface area contributed by atoms with Gasteiger partial charge in [-0.15, -0.1) is 0 Å². The first-order chi connectivity index (χ1) is 30.7. The highest BCUT2D eigenvalue weighted by atomic mass is 16.5. The van der Waals surface area contributed by atoms with Crippen molar-refractivity contribution in [3.8, 4) is 68.5 Å². The van der Waals surface area contributed by atoms with Gasteiger partial charge in [0.1, 0.15) is 23.0 Å². The van der Waals surface area contributed by atoms with Crippen molar-refractivity contribution in [1.29, 1.82) is 10.5 Å². The SMILES string of the molecule is N#Cc1ccc(-c2ccc(OCCCCCCCCCOc3ccc(-c4ccc(OCCCCCCCCCOc5ccc(-c6ccc(C#N)cc6)cc5)cc4)cc3)cc2)cc1. The Balaban J connectivity index is 0.719. The third-order valence-electron chi connectivity index (χ3n) is 11.1. The normalized spacial score (nSPS) is 10.7. The maximum absolute atomic E-state index is 8.99. The first-order valence-electron chi connectivity index (χ1n) is 22.6. The van der Waals surface area contributed by atoms with Gasteiger partial charge < -0.3 is 18.9 Å². The summed E-state index contributed by atoms with van der Waals surface area (Å²) in [5.74, 6) is 3.65. The van der Waals surface area contributed by atoms with Gasteiger partial charge in [0.05, 0.1) is 49.7 Å². The quantitative estimate of drug-likeness (QED) is 0.0481. The van der Waals surface area contributed by atoms with Gasteiger partial charge >= 0.3 is 0 Å². The topological polar surface area (TPSA) is 84.5 Å². The summed E-state index contributed by atoms with van der Waals surface area (Å²) in [5, 5.41) is 18.0. The Labute approximate surface area is 369 Å². The van der Waals surface area contributed by atoms with Crippen LogP contribution in [-0.2, 0) is 0 Å². The van der Waals surface area contributed by atoms with Gasteiger partial charge in [-0.05, 0) is 132 Å². The van der Waals surface area contributed by atoms with Crippen LogP contribution in [0.2, 0.25) is 0 Å². The summed E-state index contributed by atoms with van der Waals surface area (Å²) in [7, 11) is 0. The van der Waals surface area contributed by atoms with Crippen LogP contribution in [0.5, 0.6) is 23.0 Å². The lowest BCUT2D eigenvalue weighted by atomic mass is 10.0. The van der Waals surface area contributed by atoms with Gasteiger partial charge in [-0.25, -0.2) is 0 Å². The van der Waals surface area contributed by atoms with E-state index < -0.39 is 0 Å². The highest BCUT2D eigenvalue weighted by Crippen LogP contribution is 2.27. The number of hydrogen-bond donors (Lipinski definition) is 0. The average molecular weight is 825 g/mol. The minimum absolute atomic E-state index is 0.674. The summed E-state index contributed by atoms with van der Waals surface area (Å²) in [5.41, 5.74) is 8.14. The molecule has 318 valence electrons. The molecule has 6 aromatic rings. The molecule has 0 unspecified atom stereocenters. The first-order valence-corrected chi connectivity index (χ1v) is 22.6. The van der Waals surface area contributed by atoms with Crippen LogP contribution >= 0.6 is 0 Å². The highest BCUT2D eigenvalue weighted by molar-refractivity contribution is 5.66. The van der Waals surface area contributed by atoms with E-state index in [-0.39, 0.29) is 0 Å². The number of unbranched alkanes of at least 4 members (excludes halogenated alkanes) is 12.